The van der Waals surface area contributed by atoms with Crippen molar-refractivity contribution in [2.45, 2.75) is 19.5 Å². The van der Waals surface area contributed by atoms with Gasteiger partial charge in [0.15, 0.2) is 0 Å². The quantitative estimate of drug-likeness (QED) is 0.675. The van der Waals surface area contributed by atoms with Crippen molar-refractivity contribution in [3.05, 3.63) is 75.3 Å². The summed E-state index contributed by atoms with van der Waals surface area (Å²) in [6, 6.07) is 9.94. The summed E-state index contributed by atoms with van der Waals surface area (Å²) in [7, 11) is 0. The highest BCUT2D eigenvalue weighted by Crippen LogP contribution is 2.21. The lowest BCUT2D eigenvalue weighted by Gasteiger charge is -2.15. The Morgan fingerprint density at radius 2 is 1.90 bits per heavy atom. The predicted octanol–water partition coefficient (Wildman–Crippen LogP) is 3.72. The van der Waals surface area contributed by atoms with Crippen LogP contribution in [0.4, 0.5) is 14.5 Å². The molecule has 1 atom stereocenters. The molecule has 0 fully saturated rings. The van der Waals surface area contributed by atoms with Crippen molar-refractivity contribution in [2.24, 2.45) is 0 Å². The second-order valence-electron chi connectivity index (χ2n) is 4.63. The molecule has 0 bridgehead atoms. The molecule has 2 aromatic rings. The Hall–Kier alpha value is -2.34. The molecule has 2 rings (SSSR count). The van der Waals surface area contributed by atoms with Crippen molar-refractivity contribution in [3.8, 4) is 0 Å². The lowest BCUT2D eigenvalue weighted by atomic mass is 10.1. The van der Waals surface area contributed by atoms with Crippen LogP contribution >= 0.6 is 0 Å². The van der Waals surface area contributed by atoms with Crippen molar-refractivity contribution < 1.29 is 13.7 Å². The number of rotatable bonds is 5. The number of hydrogen-bond acceptors (Lipinski definition) is 3. The van der Waals surface area contributed by atoms with E-state index in [9.17, 15) is 18.9 Å². The van der Waals surface area contributed by atoms with E-state index in [4.69, 9.17) is 0 Å². The average molecular weight is 292 g/mol. The Balaban J connectivity index is 2.12. The summed E-state index contributed by atoms with van der Waals surface area (Å²) in [6.07, 6.45) is 0. The fourth-order valence-electron chi connectivity index (χ4n) is 2.04. The SMILES string of the molecule is C[C@@H](NCc1cccc([N+](=O)[O-])c1F)c1ccccc1F. The molecule has 0 aliphatic rings. The van der Waals surface area contributed by atoms with Gasteiger partial charge in [-0.1, -0.05) is 30.3 Å². The Morgan fingerprint density at radius 3 is 2.57 bits per heavy atom. The third-order valence-electron chi connectivity index (χ3n) is 3.23. The van der Waals surface area contributed by atoms with Gasteiger partial charge in [-0.25, -0.2) is 4.39 Å². The maximum atomic E-state index is 13.9. The molecule has 0 aliphatic heterocycles. The first kappa shape index (κ1) is 15.1. The number of nitro groups is 1. The molecule has 0 radical (unpaired) electrons. The Labute approximate surface area is 120 Å². The maximum absolute atomic E-state index is 13.9. The summed E-state index contributed by atoms with van der Waals surface area (Å²) in [5.74, 6) is -1.22. The van der Waals surface area contributed by atoms with Gasteiger partial charge in [0.05, 0.1) is 4.92 Å². The zero-order chi connectivity index (χ0) is 15.4. The van der Waals surface area contributed by atoms with Crippen LogP contribution in [0.2, 0.25) is 0 Å². The van der Waals surface area contributed by atoms with E-state index in [1.165, 1.54) is 18.2 Å². The van der Waals surface area contributed by atoms with Gasteiger partial charge in [0.2, 0.25) is 5.82 Å². The van der Waals surface area contributed by atoms with Crippen LogP contribution < -0.4 is 5.32 Å². The van der Waals surface area contributed by atoms with E-state index < -0.39 is 16.4 Å². The van der Waals surface area contributed by atoms with Gasteiger partial charge in [-0.2, -0.15) is 4.39 Å². The van der Waals surface area contributed by atoms with Crippen LogP contribution in [0.15, 0.2) is 42.5 Å². The van der Waals surface area contributed by atoms with E-state index >= 15 is 0 Å². The van der Waals surface area contributed by atoms with E-state index in [0.717, 1.165) is 6.07 Å². The second kappa shape index (κ2) is 6.41. The molecule has 1 N–H and O–H groups in total. The molecule has 2 aromatic carbocycles. The van der Waals surface area contributed by atoms with Crippen LogP contribution in [-0.4, -0.2) is 4.92 Å². The summed E-state index contributed by atoms with van der Waals surface area (Å²) in [4.78, 5) is 9.91. The highest BCUT2D eigenvalue weighted by Gasteiger charge is 2.18. The summed E-state index contributed by atoms with van der Waals surface area (Å²) in [6.45, 7) is 1.82. The topological polar surface area (TPSA) is 55.2 Å². The predicted molar refractivity (Wildman–Crippen MR) is 74.7 cm³/mol. The van der Waals surface area contributed by atoms with Crippen molar-refractivity contribution in [2.75, 3.05) is 0 Å². The summed E-state index contributed by atoms with van der Waals surface area (Å²) >= 11 is 0. The number of halogens is 2. The number of nitrogens with one attached hydrogen (secondary N) is 1. The van der Waals surface area contributed by atoms with Gasteiger partial charge in [-0.15, -0.1) is 0 Å². The zero-order valence-electron chi connectivity index (χ0n) is 11.3. The fourth-order valence-corrected chi connectivity index (χ4v) is 2.04. The molecule has 0 unspecified atom stereocenters. The Bertz CT molecular complexity index is 662. The number of hydrogen-bond donors (Lipinski definition) is 1. The molecular weight excluding hydrogens is 278 g/mol. The number of benzene rings is 2. The first-order valence-corrected chi connectivity index (χ1v) is 6.40. The summed E-state index contributed by atoms with van der Waals surface area (Å²) in [5.41, 5.74) is 0.0728. The van der Waals surface area contributed by atoms with Gasteiger partial charge < -0.3 is 5.32 Å². The average Bonchev–Trinajstić information content (AvgIpc) is 2.46. The van der Waals surface area contributed by atoms with Gasteiger partial charge in [-0.3, -0.25) is 10.1 Å². The van der Waals surface area contributed by atoms with Crippen molar-refractivity contribution in [1.82, 2.24) is 5.32 Å². The number of nitrogens with zero attached hydrogens (tertiary/aromatic N) is 1. The molecule has 0 aromatic heterocycles. The first-order chi connectivity index (χ1) is 10.0. The maximum Gasteiger partial charge on any atom is 0.305 e. The minimum atomic E-state index is -0.865. The van der Waals surface area contributed by atoms with Gasteiger partial charge in [0.25, 0.3) is 0 Å². The van der Waals surface area contributed by atoms with Crippen LogP contribution in [0, 0.1) is 21.7 Å². The van der Waals surface area contributed by atoms with Crippen LogP contribution in [0.1, 0.15) is 24.1 Å². The van der Waals surface area contributed by atoms with E-state index in [-0.39, 0.29) is 24.0 Å². The minimum absolute atomic E-state index is 0.0724. The Morgan fingerprint density at radius 1 is 1.19 bits per heavy atom. The highest BCUT2D eigenvalue weighted by molar-refractivity contribution is 5.36. The standard InChI is InChI=1S/C15H14F2N2O2/c1-10(12-6-2-3-7-13(12)16)18-9-11-5-4-8-14(15(11)17)19(20)21/h2-8,10,18H,9H2,1H3/t10-/m1/s1. The molecule has 0 saturated carbocycles. The zero-order valence-corrected chi connectivity index (χ0v) is 11.3. The van der Waals surface area contributed by atoms with Crippen LogP contribution in [0.5, 0.6) is 0 Å². The van der Waals surface area contributed by atoms with Crippen molar-refractivity contribution in [3.63, 3.8) is 0 Å². The molecule has 0 amide bonds. The van der Waals surface area contributed by atoms with Gasteiger partial charge >= 0.3 is 5.69 Å². The molecule has 0 spiro atoms. The number of nitro benzene ring substituents is 1. The molecule has 4 nitrogen and oxygen atoms in total. The molecule has 6 heteroatoms. The molecular formula is C15H14F2N2O2. The normalized spacial score (nSPS) is 12.1. The van der Waals surface area contributed by atoms with E-state index in [2.05, 4.69) is 5.32 Å². The minimum Gasteiger partial charge on any atom is -0.306 e. The summed E-state index contributed by atoms with van der Waals surface area (Å²) < 4.78 is 27.5. The van der Waals surface area contributed by atoms with Crippen LogP contribution in [-0.2, 0) is 6.54 Å². The molecule has 0 saturated heterocycles. The van der Waals surface area contributed by atoms with Gasteiger partial charge in [-0.05, 0) is 13.0 Å². The molecule has 0 heterocycles. The van der Waals surface area contributed by atoms with Gasteiger partial charge in [0, 0.05) is 29.8 Å². The lowest BCUT2D eigenvalue weighted by Crippen LogP contribution is -2.20. The molecule has 0 aliphatic carbocycles. The molecule has 21 heavy (non-hydrogen) atoms. The Kier molecular flexibility index (Phi) is 4.59. The summed E-state index contributed by atoms with van der Waals surface area (Å²) in [5, 5.41) is 13.6. The van der Waals surface area contributed by atoms with E-state index in [1.54, 1.807) is 25.1 Å². The highest BCUT2D eigenvalue weighted by atomic mass is 19.1. The second-order valence-corrected chi connectivity index (χ2v) is 4.63. The third-order valence-corrected chi connectivity index (χ3v) is 3.23. The van der Waals surface area contributed by atoms with Crippen molar-refractivity contribution in [1.29, 1.82) is 0 Å². The van der Waals surface area contributed by atoms with Gasteiger partial charge in [0.1, 0.15) is 5.82 Å². The van der Waals surface area contributed by atoms with E-state index in [0.29, 0.717) is 5.56 Å². The fraction of sp³-hybridized carbons (Fsp3) is 0.200. The third kappa shape index (κ3) is 3.41. The largest absolute Gasteiger partial charge is 0.306 e. The smallest absolute Gasteiger partial charge is 0.305 e. The van der Waals surface area contributed by atoms with Crippen LogP contribution in [0.25, 0.3) is 0 Å². The lowest BCUT2D eigenvalue weighted by molar-refractivity contribution is -0.387. The van der Waals surface area contributed by atoms with Crippen LogP contribution in [0.3, 0.4) is 0 Å². The van der Waals surface area contributed by atoms with Crippen molar-refractivity contribution >= 4 is 5.69 Å². The van der Waals surface area contributed by atoms with E-state index in [1.807, 2.05) is 0 Å². The monoisotopic (exact) mass is 292 g/mol. The first-order valence-electron chi connectivity index (χ1n) is 6.40. The molecule has 110 valence electrons.